The average Bonchev–Trinajstić information content (AvgIpc) is 3.08. The minimum Gasteiger partial charge on any atom is -0.460 e. The lowest BCUT2D eigenvalue weighted by Gasteiger charge is -2.31. The summed E-state index contributed by atoms with van der Waals surface area (Å²) in [6.45, 7) is 4.32. The highest BCUT2D eigenvalue weighted by atomic mass is 16.5. The zero-order chi connectivity index (χ0) is 14.8. The average molecular weight is 290 g/mol. The predicted octanol–water partition coefficient (Wildman–Crippen LogP) is 0.664. The van der Waals surface area contributed by atoms with Gasteiger partial charge in [0.2, 0.25) is 5.91 Å². The van der Waals surface area contributed by atoms with Crippen molar-refractivity contribution < 1.29 is 13.9 Å². The standard InChI is InChI=1S/C14H18N4O3/c1-9-2-3-11(21-9)13-10(6-16-17-13)7-18-4-5-20-12(8-18)14(15)19/h2-3,6,12H,4-5,7-8H2,1H3,(H2,15,19)(H,16,17). The van der Waals surface area contributed by atoms with Crippen molar-refractivity contribution in [2.45, 2.75) is 19.6 Å². The molecule has 0 saturated carbocycles. The smallest absolute Gasteiger partial charge is 0.247 e. The van der Waals surface area contributed by atoms with E-state index >= 15 is 0 Å². The van der Waals surface area contributed by atoms with E-state index in [2.05, 4.69) is 15.1 Å². The van der Waals surface area contributed by atoms with Crippen LogP contribution in [0.15, 0.2) is 22.7 Å². The van der Waals surface area contributed by atoms with Gasteiger partial charge in [-0.25, -0.2) is 0 Å². The number of nitrogens with one attached hydrogen (secondary N) is 1. The lowest BCUT2D eigenvalue weighted by Crippen LogP contribution is -2.47. The number of ether oxygens (including phenoxy) is 1. The summed E-state index contributed by atoms with van der Waals surface area (Å²) in [7, 11) is 0. The summed E-state index contributed by atoms with van der Waals surface area (Å²) < 4.78 is 11.0. The van der Waals surface area contributed by atoms with Gasteiger partial charge in [-0.1, -0.05) is 0 Å². The van der Waals surface area contributed by atoms with Gasteiger partial charge in [-0.05, 0) is 19.1 Å². The van der Waals surface area contributed by atoms with E-state index in [1.807, 2.05) is 19.1 Å². The SMILES string of the molecule is Cc1ccc(-c2[nH]ncc2CN2CCOC(C(N)=O)C2)o1. The molecule has 0 aromatic carbocycles. The lowest BCUT2D eigenvalue weighted by molar-refractivity contribution is -0.135. The number of primary amides is 1. The van der Waals surface area contributed by atoms with Crippen molar-refractivity contribution in [3.8, 4) is 11.5 Å². The number of hydrogen-bond donors (Lipinski definition) is 2. The number of aromatic nitrogens is 2. The molecule has 7 nitrogen and oxygen atoms in total. The van der Waals surface area contributed by atoms with E-state index in [0.717, 1.165) is 29.3 Å². The Labute approximate surface area is 122 Å². The molecule has 0 spiro atoms. The number of amides is 1. The second-order valence-electron chi connectivity index (χ2n) is 5.18. The van der Waals surface area contributed by atoms with Crippen molar-refractivity contribution in [1.82, 2.24) is 15.1 Å². The van der Waals surface area contributed by atoms with Crippen LogP contribution < -0.4 is 5.73 Å². The molecule has 3 N–H and O–H groups in total. The zero-order valence-electron chi connectivity index (χ0n) is 11.8. The molecule has 1 atom stereocenters. The molecule has 2 aromatic rings. The van der Waals surface area contributed by atoms with Gasteiger partial charge < -0.3 is 14.9 Å². The monoisotopic (exact) mass is 290 g/mol. The molecule has 7 heteroatoms. The van der Waals surface area contributed by atoms with Gasteiger partial charge in [0, 0.05) is 25.2 Å². The van der Waals surface area contributed by atoms with E-state index < -0.39 is 12.0 Å². The van der Waals surface area contributed by atoms with Gasteiger partial charge in [-0.2, -0.15) is 5.10 Å². The number of nitrogens with zero attached hydrogens (tertiary/aromatic N) is 2. The Bertz CT molecular complexity index is 634. The van der Waals surface area contributed by atoms with Crippen molar-refractivity contribution >= 4 is 5.91 Å². The molecule has 2 aromatic heterocycles. The molecule has 1 fully saturated rings. The van der Waals surface area contributed by atoms with E-state index in [-0.39, 0.29) is 0 Å². The molecule has 3 heterocycles. The molecule has 3 rings (SSSR count). The number of carbonyl (C=O) groups excluding carboxylic acids is 1. The highest BCUT2D eigenvalue weighted by Crippen LogP contribution is 2.24. The van der Waals surface area contributed by atoms with Gasteiger partial charge in [-0.3, -0.25) is 14.8 Å². The first kappa shape index (κ1) is 13.8. The molecular weight excluding hydrogens is 272 g/mol. The molecule has 0 radical (unpaired) electrons. The summed E-state index contributed by atoms with van der Waals surface area (Å²) in [5.41, 5.74) is 7.19. The fourth-order valence-electron chi connectivity index (χ4n) is 2.47. The summed E-state index contributed by atoms with van der Waals surface area (Å²) in [5.74, 6) is 1.19. The topological polar surface area (TPSA) is 97.4 Å². The maximum absolute atomic E-state index is 11.2. The summed E-state index contributed by atoms with van der Waals surface area (Å²) in [6.07, 6.45) is 1.24. The van der Waals surface area contributed by atoms with Crippen LogP contribution in [0.2, 0.25) is 0 Å². The van der Waals surface area contributed by atoms with Crippen LogP contribution in [-0.4, -0.2) is 46.8 Å². The fraction of sp³-hybridized carbons (Fsp3) is 0.429. The number of H-pyrrole nitrogens is 1. The normalized spacial score (nSPS) is 19.8. The zero-order valence-corrected chi connectivity index (χ0v) is 11.8. The van der Waals surface area contributed by atoms with Crippen molar-refractivity contribution in [2.75, 3.05) is 19.7 Å². The number of hydrogen-bond acceptors (Lipinski definition) is 5. The number of rotatable bonds is 4. The fourth-order valence-corrected chi connectivity index (χ4v) is 2.47. The Morgan fingerprint density at radius 2 is 2.43 bits per heavy atom. The van der Waals surface area contributed by atoms with Gasteiger partial charge in [0.25, 0.3) is 0 Å². The second-order valence-corrected chi connectivity index (χ2v) is 5.18. The summed E-state index contributed by atoms with van der Waals surface area (Å²) in [4.78, 5) is 13.4. The van der Waals surface area contributed by atoms with Crippen LogP contribution in [0.4, 0.5) is 0 Å². The molecule has 0 aliphatic carbocycles. The van der Waals surface area contributed by atoms with E-state index in [1.165, 1.54) is 0 Å². The number of aryl methyl sites for hydroxylation is 1. The Morgan fingerprint density at radius 1 is 1.57 bits per heavy atom. The Morgan fingerprint density at radius 3 is 3.14 bits per heavy atom. The van der Waals surface area contributed by atoms with Gasteiger partial charge in [0.05, 0.1) is 12.8 Å². The van der Waals surface area contributed by atoms with E-state index in [4.69, 9.17) is 14.9 Å². The number of nitrogens with two attached hydrogens (primary N) is 1. The van der Waals surface area contributed by atoms with Crippen molar-refractivity contribution in [1.29, 1.82) is 0 Å². The van der Waals surface area contributed by atoms with Crippen LogP contribution in [0.25, 0.3) is 11.5 Å². The molecular formula is C14H18N4O3. The maximum atomic E-state index is 11.2. The third-order valence-electron chi connectivity index (χ3n) is 3.57. The molecule has 1 aliphatic heterocycles. The number of furan rings is 1. The first-order valence-corrected chi connectivity index (χ1v) is 6.86. The van der Waals surface area contributed by atoms with Crippen LogP contribution in [0.1, 0.15) is 11.3 Å². The van der Waals surface area contributed by atoms with Crippen LogP contribution >= 0.6 is 0 Å². The Hall–Kier alpha value is -2.12. The number of morpholine rings is 1. The summed E-state index contributed by atoms with van der Waals surface area (Å²) >= 11 is 0. The maximum Gasteiger partial charge on any atom is 0.247 e. The van der Waals surface area contributed by atoms with Crippen LogP contribution in [0, 0.1) is 6.92 Å². The molecule has 1 saturated heterocycles. The Kier molecular flexibility index (Phi) is 3.76. The molecule has 1 aliphatic rings. The van der Waals surface area contributed by atoms with Crippen molar-refractivity contribution in [3.63, 3.8) is 0 Å². The minimum absolute atomic E-state index is 0.422. The number of carbonyl (C=O) groups is 1. The predicted molar refractivity (Wildman–Crippen MR) is 75.2 cm³/mol. The molecule has 112 valence electrons. The third-order valence-corrected chi connectivity index (χ3v) is 3.57. The van der Waals surface area contributed by atoms with Gasteiger partial charge in [-0.15, -0.1) is 0 Å². The van der Waals surface area contributed by atoms with Crippen molar-refractivity contribution in [3.05, 3.63) is 29.7 Å². The van der Waals surface area contributed by atoms with Crippen LogP contribution in [0.5, 0.6) is 0 Å². The van der Waals surface area contributed by atoms with Gasteiger partial charge in [0.1, 0.15) is 17.6 Å². The molecule has 1 unspecified atom stereocenters. The largest absolute Gasteiger partial charge is 0.460 e. The van der Waals surface area contributed by atoms with Crippen LogP contribution in [-0.2, 0) is 16.1 Å². The van der Waals surface area contributed by atoms with Gasteiger partial charge >= 0.3 is 0 Å². The number of aromatic amines is 1. The first-order chi connectivity index (χ1) is 10.1. The third kappa shape index (κ3) is 2.98. The highest BCUT2D eigenvalue weighted by molar-refractivity contribution is 5.79. The summed E-state index contributed by atoms with van der Waals surface area (Å²) in [5, 5.41) is 7.06. The minimum atomic E-state index is -0.542. The van der Waals surface area contributed by atoms with E-state index in [1.54, 1.807) is 6.20 Å². The lowest BCUT2D eigenvalue weighted by atomic mass is 10.1. The molecule has 1 amide bonds. The van der Waals surface area contributed by atoms with Gasteiger partial charge in [0.15, 0.2) is 5.76 Å². The van der Waals surface area contributed by atoms with E-state index in [9.17, 15) is 4.79 Å². The Balaban J connectivity index is 1.74. The molecule has 0 bridgehead atoms. The van der Waals surface area contributed by atoms with Crippen LogP contribution in [0.3, 0.4) is 0 Å². The second kappa shape index (κ2) is 5.71. The van der Waals surface area contributed by atoms with E-state index in [0.29, 0.717) is 19.7 Å². The molecule has 21 heavy (non-hydrogen) atoms. The summed E-state index contributed by atoms with van der Waals surface area (Å²) in [6, 6.07) is 3.83. The van der Waals surface area contributed by atoms with Crippen molar-refractivity contribution in [2.24, 2.45) is 5.73 Å². The highest BCUT2D eigenvalue weighted by Gasteiger charge is 2.25. The quantitative estimate of drug-likeness (QED) is 0.862. The first-order valence-electron chi connectivity index (χ1n) is 6.86.